The summed E-state index contributed by atoms with van der Waals surface area (Å²) in [5.41, 5.74) is 6.81. The van der Waals surface area contributed by atoms with Crippen LogP contribution in [0.15, 0.2) is 36.4 Å². The van der Waals surface area contributed by atoms with Crippen molar-refractivity contribution in [3.63, 3.8) is 0 Å². The van der Waals surface area contributed by atoms with Crippen LogP contribution in [0.3, 0.4) is 0 Å². The summed E-state index contributed by atoms with van der Waals surface area (Å²) in [5, 5.41) is 8.26. The molecule has 0 heterocycles. The molecule has 0 amide bonds. The molecule has 0 spiro atoms. The number of esters is 1. The number of rotatable bonds is 4. The number of hydrogen-bond donors (Lipinski definition) is 1. The second kappa shape index (κ2) is 6.25. The quantitative estimate of drug-likeness (QED) is 0.469. The molecule has 4 nitrogen and oxygen atoms in total. The van der Waals surface area contributed by atoms with Gasteiger partial charge in [0, 0.05) is 11.8 Å². The van der Waals surface area contributed by atoms with Crippen LogP contribution in [0.25, 0.3) is 5.70 Å². The number of nitrogens with zero attached hydrogens (tertiary/aromatic N) is 1. The van der Waals surface area contributed by atoms with Gasteiger partial charge in [-0.3, -0.25) is 0 Å². The Morgan fingerprint density at radius 2 is 2.12 bits per heavy atom. The van der Waals surface area contributed by atoms with E-state index < -0.39 is 5.97 Å². The van der Waals surface area contributed by atoms with Crippen molar-refractivity contribution in [2.75, 3.05) is 6.61 Å². The van der Waals surface area contributed by atoms with E-state index in [0.29, 0.717) is 5.70 Å². The maximum atomic E-state index is 11.2. The lowest BCUT2D eigenvalue weighted by Crippen LogP contribution is -2.06. The molecule has 4 heteroatoms. The van der Waals surface area contributed by atoms with Crippen molar-refractivity contribution in [2.24, 2.45) is 5.73 Å². The third-order valence-electron chi connectivity index (χ3n) is 1.84. The molecule has 0 bridgehead atoms. The van der Waals surface area contributed by atoms with Crippen molar-refractivity contribution < 1.29 is 9.53 Å². The molecular formula is C12H12N2O2. The molecule has 16 heavy (non-hydrogen) atoms. The van der Waals surface area contributed by atoms with Gasteiger partial charge in [-0.25, -0.2) is 4.79 Å². The first-order valence-electron chi connectivity index (χ1n) is 4.80. The van der Waals surface area contributed by atoms with Crippen LogP contribution >= 0.6 is 0 Å². The standard InChI is InChI=1S/C12H12N2O2/c13-7-4-8-16-12(15)9-11(14)10-5-2-1-3-6-10/h1-3,5-6,9H,4,8,14H2/b11-9+. The average molecular weight is 216 g/mol. The SMILES string of the molecule is N#CCCOC(=O)/C=C(/N)c1ccccc1. The Bertz CT molecular complexity index is 418. The minimum Gasteiger partial charge on any atom is -0.461 e. The summed E-state index contributed by atoms with van der Waals surface area (Å²) in [6.45, 7) is 0.0912. The predicted molar refractivity (Wildman–Crippen MR) is 59.8 cm³/mol. The van der Waals surface area contributed by atoms with E-state index in [0.717, 1.165) is 5.56 Å². The fourth-order valence-electron chi connectivity index (χ4n) is 1.08. The minimum absolute atomic E-state index is 0.0912. The van der Waals surface area contributed by atoms with Gasteiger partial charge in [0.15, 0.2) is 0 Å². The lowest BCUT2D eigenvalue weighted by molar-refractivity contribution is -0.137. The molecule has 2 N–H and O–H groups in total. The number of nitriles is 1. The third kappa shape index (κ3) is 3.84. The number of ether oxygens (including phenoxy) is 1. The van der Waals surface area contributed by atoms with Crippen LogP contribution < -0.4 is 5.73 Å². The summed E-state index contributed by atoms with van der Waals surface area (Å²) < 4.78 is 4.76. The van der Waals surface area contributed by atoms with Crippen LogP contribution in [0.4, 0.5) is 0 Å². The first-order valence-corrected chi connectivity index (χ1v) is 4.80. The highest BCUT2D eigenvalue weighted by Gasteiger charge is 2.01. The van der Waals surface area contributed by atoms with E-state index in [9.17, 15) is 4.79 Å². The summed E-state index contributed by atoms with van der Waals surface area (Å²) in [5.74, 6) is -0.531. The van der Waals surface area contributed by atoms with E-state index in [1.807, 2.05) is 24.3 Å². The first-order chi connectivity index (χ1) is 7.74. The van der Waals surface area contributed by atoms with E-state index in [2.05, 4.69) is 0 Å². The molecule has 0 saturated carbocycles. The van der Waals surface area contributed by atoms with Crippen LogP contribution in [0.1, 0.15) is 12.0 Å². The van der Waals surface area contributed by atoms with Crippen molar-refractivity contribution in [1.29, 1.82) is 5.26 Å². The second-order valence-electron chi connectivity index (χ2n) is 3.04. The van der Waals surface area contributed by atoms with Crippen LogP contribution in [0.2, 0.25) is 0 Å². The van der Waals surface area contributed by atoms with Crippen LogP contribution in [0, 0.1) is 11.3 Å². The molecule has 1 aromatic carbocycles. The minimum atomic E-state index is -0.531. The van der Waals surface area contributed by atoms with Crippen molar-refractivity contribution in [2.45, 2.75) is 6.42 Å². The summed E-state index contributed by atoms with van der Waals surface area (Å²) >= 11 is 0. The summed E-state index contributed by atoms with van der Waals surface area (Å²) in [6, 6.07) is 11.0. The highest BCUT2D eigenvalue weighted by atomic mass is 16.5. The van der Waals surface area contributed by atoms with Gasteiger partial charge in [-0.1, -0.05) is 30.3 Å². The fourth-order valence-corrected chi connectivity index (χ4v) is 1.08. The van der Waals surface area contributed by atoms with E-state index >= 15 is 0 Å². The number of hydrogen-bond acceptors (Lipinski definition) is 4. The summed E-state index contributed by atoms with van der Waals surface area (Å²) in [4.78, 5) is 11.2. The monoisotopic (exact) mass is 216 g/mol. The Labute approximate surface area is 93.9 Å². The van der Waals surface area contributed by atoms with E-state index in [1.54, 1.807) is 12.1 Å². The van der Waals surface area contributed by atoms with Gasteiger partial charge in [0.05, 0.1) is 12.5 Å². The van der Waals surface area contributed by atoms with Crippen molar-refractivity contribution in [3.05, 3.63) is 42.0 Å². The van der Waals surface area contributed by atoms with Gasteiger partial charge < -0.3 is 10.5 Å². The fraction of sp³-hybridized carbons (Fsp3) is 0.167. The van der Waals surface area contributed by atoms with Gasteiger partial charge >= 0.3 is 5.97 Å². The Kier molecular flexibility index (Phi) is 4.61. The van der Waals surface area contributed by atoms with E-state index in [1.165, 1.54) is 6.08 Å². The number of carbonyl (C=O) groups is 1. The molecule has 1 aromatic rings. The van der Waals surface area contributed by atoms with Gasteiger partial charge in [0.25, 0.3) is 0 Å². The molecule has 0 aliphatic carbocycles. The molecule has 0 aromatic heterocycles. The van der Waals surface area contributed by atoms with Crippen molar-refractivity contribution >= 4 is 11.7 Å². The van der Waals surface area contributed by atoms with Gasteiger partial charge in [0.1, 0.15) is 6.61 Å². The molecular weight excluding hydrogens is 204 g/mol. The normalized spacial score (nSPS) is 10.6. The largest absolute Gasteiger partial charge is 0.461 e. The van der Waals surface area contributed by atoms with Crippen LogP contribution in [0.5, 0.6) is 0 Å². The van der Waals surface area contributed by atoms with E-state index in [4.69, 9.17) is 15.7 Å². The zero-order chi connectivity index (χ0) is 11.8. The zero-order valence-electron chi connectivity index (χ0n) is 8.72. The lowest BCUT2D eigenvalue weighted by Gasteiger charge is -2.01. The third-order valence-corrected chi connectivity index (χ3v) is 1.84. The maximum Gasteiger partial charge on any atom is 0.332 e. The highest BCUT2D eigenvalue weighted by molar-refractivity contribution is 5.90. The van der Waals surface area contributed by atoms with Crippen LogP contribution in [-0.2, 0) is 9.53 Å². The lowest BCUT2D eigenvalue weighted by atomic mass is 10.1. The van der Waals surface area contributed by atoms with E-state index in [-0.39, 0.29) is 13.0 Å². The maximum absolute atomic E-state index is 11.2. The Morgan fingerprint density at radius 1 is 1.44 bits per heavy atom. The topological polar surface area (TPSA) is 76.1 Å². The zero-order valence-corrected chi connectivity index (χ0v) is 8.72. The molecule has 0 unspecified atom stereocenters. The number of nitrogens with two attached hydrogens (primary N) is 1. The molecule has 0 aliphatic heterocycles. The first kappa shape index (κ1) is 11.8. The summed E-state index contributed by atoms with van der Waals surface area (Å²) in [7, 11) is 0. The Morgan fingerprint density at radius 3 is 2.75 bits per heavy atom. The molecule has 82 valence electrons. The molecule has 0 aliphatic rings. The molecule has 0 radical (unpaired) electrons. The van der Waals surface area contributed by atoms with Gasteiger partial charge in [-0.2, -0.15) is 5.26 Å². The molecule has 1 rings (SSSR count). The Balaban J connectivity index is 2.57. The smallest absolute Gasteiger partial charge is 0.332 e. The Hall–Kier alpha value is -2.28. The highest BCUT2D eigenvalue weighted by Crippen LogP contribution is 2.07. The van der Waals surface area contributed by atoms with Gasteiger partial charge in [-0.15, -0.1) is 0 Å². The second-order valence-corrected chi connectivity index (χ2v) is 3.04. The van der Waals surface area contributed by atoms with Crippen molar-refractivity contribution in [1.82, 2.24) is 0 Å². The average Bonchev–Trinajstić information content (AvgIpc) is 2.30. The van der Waals surface area contributed by atoms with Crippen molar-refractivity contribution in [3.8, 4) is 6.07 Å². The van der Waals surface area contributed by atoms with Crippen LogP contribution in [-0.4, -0.2) is 12.6 Å². The number of carbonyl (C=O) groups excluding carboxylic acids is 1. The number of benzene rings is 1. The van der Waals surface area contributed by atoms with Gasteiger partial charge in [-0.05, 0) is 5.56 Å². The molecule has 0 fully saturated rings. The molecule has 0 atom stereocenters. The summed E-state index contributed by atoms with van der Waals surface area (Å²) in [6.07, 6.45) is 1.40. The molecule has 0 saturated heterocycles. The predicted octanol–water partition coefficient (Wildman–Crippen LogP) is 1.44. The van der Waals surface area contributed by atoms with Gasteiger partial charge in [0.2, 0.25) is 0 Å².